The minimum atomic E-state index is -0.457. The fourth-order valence-corrected chi connectivity index (χ4v) is 0.485. The molecule has 68 valence electrons. The Morgan fingerprint density at radius 2 is 1.33 bits per heavy atom. The molecule has 6 heteroatoms. The summed E-state index contributed by atoms with van der Waals surface area (Å²) >= 11 is 0. The lowest BCUT2D eigenvalue weighted by Gasteiger charge is -1.90. The number of hydrogen-bond acceptors (Lipinski definition) is 4. The molecule has 6 nitrogen and oxygen atoms in total. The minimum Gasteiger partial charge on any atom is -0.311 e. The Morgan fingerprint density at radius 3 is 1.58 bits per heavy atom. The van der Waals surface area contributed by atoms with Crippen LogP contribution in [0.3, 0.4) is 0 Å². The fourth-order valence-electron chi connectivity index (χ4n) is 0.485. The van der Waals surface area contributed by atoms with Crippen LogP contribution in [0.5, 0.6) is 0 Å². The van der Waals surface area contributed by atoms with Gasteiger partial charge in [0.05, 0.1) is 13.1 Å². The number of rotatable bonds is 4. The summed E-state index contributed by atoms with van der Waals surface area (Å²) in [5.41, 5.74) is 0. The summed E-state index contributed by atoms with van der Waals surface area (Å²) in [5.74, 6) is -0.913. The zero-order valence-corrected chi connectivity index (χ0v) is 7.13. The first-order valence-electron chi connectivity index (χ1n) is 3.47. The highest BCUT2D eigenvalue weighted by molar-refractivity contribution is 5.83. The quantitative estimate of drug-likeness (QED) is 0.529. The second-order valence-corrected chi connectivity index (χ2v) is 2.05. The average Bonchev–Trinajstić information content (AvgIpc) is 2.02. The molecule has 0 spiro atoms. The Balaban J connectivity index is 3.73. The monoisotopic (exact) mass is 172 g/mol. The van der Waals surface area contributed by atoms with Crippen LogP contribution < -0.4 is 10.6 Å². The Kier molecular flexibility index (Phi) is 5.94. The van der Waals surface area contributed by atoms with Crippen LogP contribution in [0, 0.1) is 0 Å². The summed E-state index contributed by atoms with van der Waals surface area (Å²) < 4.78 is 0. The van der Waals surface area contributed by atoms with Gasteiger partial charge in [-0.15, -0.1) is 10.2 Å². The molecule has 0 aromatic carbocycles. The highest BCUT2D eigenvalue weighted by atomic mass is 16.2. The molecule has 2 N–H and O–H groups in total. The number of amides is 2. The zero-order valence-electron chi connectivity index (χ0n) is 7.13. The number of nitrogens with zero attached hydrogens (tertiary/aromatic N) is 2. The molecule has 0 saturated carbocycles. The third-order valence-corrected chi connectivity index (χ3v) is 0.929. The van der Waals surface area contributed by atoms with Crippen LogP contribution >= 0.6 is 0 Å². The summed E-state index contributed by atoms with van der Waals surface area (Å²) in [6.07, 6.45) is 0. The number of carbonyl (C=O) groups is 2. The molecule has 0 saturated heterocycles. The molecular weight excluding hydrogens is 160 g/mol. The molecule has 0 aromatic rings. The van der Waals surface area contributed by atoms with Crippen LogP contribution in [-0.4, -0.2) is 39.0 Å². The van der Waals surface area contributed by atoms with Gasteiger partial charge in [-0.3, -0.25) is 9.59 Å². The van der Waals surface area contributed by atoms with E-state index in [1.54, 1.807) is 14.1 Å². The number of carbonyl (C=O) groups excluding carboxylic acids is 2. The zero-order chi connectivity index (χ0) is 9.40. The smallest absolute Gasteiger partial charge is 0.278 e. The van der Waals surface area contributed by atoms with E-state index < -0.39 is 11.8 Å². The van der Waals surface area contributed by atoms with Crippen molar-refractivity contribution in [3.8, 4) is 0 Å². The van der Waals surface area contributed by atoms with E-state index in [0.29, 0.717) is 0 Å². The fraction of sp³-hybridized carbons (Fsp3) is 0.667. The molecule has 0 heterocycles. The second-order valence-electron chi connectivity index (χ2n) is 2.05. The predicted octanol–water partition coefficient (Wildman–Crippen LogP) is -1.07. The van der Waals surface area contributed by atoms with Crippen molar-refractivity contribution < 1.29 is 9.59 Å². The van der Waals surface area contributed by atoms with Gasteiger partial charge in [0.1, 0.15) is 0 Å². The minimum absolute atomic E-state index is 0.0936. The largest absolute Gasteiger partial charge is 0.311 e. The van der Waals surface area contributed by atoms with Crippen LogP contribution in [0.15, 0.2) is 10.2 Å². The van der Waals surface area contributed by atoms with E-state index in [1.165, 1.54) is 0 Å². The Hall–Kier alpha value is -1.14. The third-order valence-electron chi connectivity index (χ3n) is 0.929. The molecule has 0 aliphatic heterocycles. The van der Waals surface area contributed by atoms with Crippen molar-refractivity contribution in [1.82, 2.24) is 10.6 Å². The molecule has 12 heavy (non-hydrogen) atoms. The van der Waals surface area contributed by atoms with Crippen LogP contribution in [0.25, 0.3) is 0 Å². The number of likely N-dealkylation sites (N-methyl/N-ethyl adjacent to an activating group) is 2. The van der Waals surface area contributed by atoms with Crippen molar-refractivity contribution in [3.63, 3.8) is 0 Å². The highest BCUT2D eigenvalue weighted by Crippen LogP contribution is 1.79. The molecule has 0 fully saturated rings. The summed E-state index contributed by atoms with van der Waals surface area (Å²) in [7, 11) is 3.23. The standard InChI is InChI=1S/C6H12N4O2/c1-7-3-5(11)9-10-6(12)4-8-2/h7-8H,3-4H2,1-2H3. The van der Waals surface area contributed by atoms with Crippen molar-refractivity contribution in [3.05, 3.63) is 0 Å². The van der Waals surface area contributed by atoms with Crippen molar-refractivity contribution in [1.29, 1.82) is 0 Å². The van der Waals surface area contributed by atoms with Crippen LogP contribution in [-0.2, 0) is 9.59 Å². The van der Waals surface area contributed by atoms with Crippen molar-refractivity contribution >= 4 is 11.8 Å². The molecule has 0 radical (unpaired) electrons. The third kappa shape index (κ3) is 5.63. The summed E-state index contributed by atoms with van der Waals surface area (Å²) in [6.45, 7) is 0.187. The Bertz CT molecular complexity index is 170. The molecule has 0 atom stereocenters. The summed E-state index contributed by atoms with van der Waals surface area (Å²) in [4.78, 5) is 21.3. The van der Waals surface area contributed by atoms with E-state index in [4.69, 9.17) is 0 Å². The highest BCUT2D eigenvalue weighted by Gasteiger charge is 1.98. The van der Waals surface area contributed by atoms with Crippen LogP contribution in [0.2, 0.25) is 0 Å². The van der Waals surface area contributed by atoms with Gasteiger partial charge in [0.2, 0.25) is 0 Å². The van der Waals surface area contributed by atoms with E-state index >= 15 is 0 Å². The van der Waals surface area contributed by atoms with E-state index in [1.807, 2.05) is 0 Å². The van der Waals surface area contributed by atoms with Gasteiger partial charge in [-0.1, -0.05) is 0 Å². The van der Waals surface area contributed by atoms with Gasteiger partial charge in [0, 0.05) is 0 Å². The number of nitrogens with one attached hydrogen (secondary N) is 2. The maximum atomic E-state index is 10.7. The lowest BCUT2D eigenvalue weighted by Crippen LogP contribution is -2.18. The first kappa shape index (κ1) is 10.9. The Morgan fingerprint density at radius 1 is 1.00 bits per heavy atom. The van der Waals surface area contributed by atoms with Crippen LogP contribution in [0.4, 0.5) is 0 Å². The topological polar surface area (TPSA) is 82.9 Å². The van der Waals surface area contributed by atoms with Gasteiger partial charge in [-0.25, -0.2) is 0 Å². The normalized spacial score (nSPS) is 10.5. The molecule has 0 bridgehead atoms. The van der Waals surface area contributed by atoms with Gasteiger partial charge in [-0.05, 0) is 14.1 Å². The van der Waals surface area contributed by atoms with E-state index in [0.717, 1.165) is 0 Å². The maximum Gasteiger partial charge on any atom is 0.278 e. The van der Waals surface area contributed by atoms with Gasteiger partial charge >= 0.3 is 0 Å². The van der Waals surface area contributed by atoms with Gasteiger partial charge in [0.25, 0.3) is 11.8 Å². The first-order valence-corrected chi connectivity index (χ1v) is 3.47. The molecular formula is C6H12N4O2. The molecule has 0 aromatic heterocycles. The van der Waals surface area contributed by atoms with Crippen LogP contribution in [0.1, 0.15) is 0 Å². The van der Waals surface area contributed by atoms with Gasteiger partial charge in [0.15, 0.2) is 0 Å². The number of hydrogen-bond donors (Lipinski definition) is 2. The van der Waals surface area contributed by atoms with E-state index in [9.17, 15) is 9.59 Å². The Labute approximate surface area is 70.4 Å². The van der Waals surface area contributed by atoms with E-state index in [2.05, 4.69) is 20.9 Å². The molecule has 0 unspecified atom stereocenters. The van der Waals surface area contributed by atoms with E-state index in [-0.39, 0.29) is 13.1 Å². The summed E-state index contributed by atoms with van der Waals surface area (Å²) in [5, 5.41) is 11.5. The second kappa shape index (κ2) is 6.56. The average molecular weight is 172 g/mol. The predicted molar refractivity (Wildman–Crippen MR) is 42.7 cm³/mol. The van der Waals surface area contributed by atoms with Gasteiger partial charge in [-0.2, -0.15) is 0 Å². The SMILES string of the molecule is CNCC(=O)N=NC(=O)CNC. The molecule has 2 amide bonds. The number of azo groups is 1. The molecule has 0 rings (SSSR count). The van der Waals surface area contributed by atoms with Crippen molar-refractivity contribution in [2.75, 3.05) is 27.2 Å². The van der Waals surface area contributed by atoms with Crippen molar-refractivity contribution in [2.24, 2.45) is 10.2 Å². The van der Waals surface area contributed by atoms with Gasteiger partial charge < -0.3 is 10.6 Å². The summed E-state index contributed by atoms with van der Waals surface area (Å²) in [6, 6.07) is 0. The first-order chi connectivity index (χ1) is 5.70. The lowest BCUT2D eigenvalue weighted by atomic mass is 10.6. The molecule has 0 aliphatic carbocycles. The molecule has 0 aliphatic rings. The maximum absolute atomic E-state index is 10.7. The van der Waals surface area contributed by atoms with Crippen molar-refractivity contribution in [2.45, 2.75) is 0 Å². The lowest BCUT2D eigenvalue weighted by molar-refractivity contribution is -0.121.